The Morgan fingerprint density at radius 1 is 1.34 bits per heavy atom. The average Bonchev–Trinajstić information content (AvgIpc) is 3.48. The van der Waals surface area contributed by atoms with Gasteiger partial charge in [-0.2, -0.15) is 9.49 Å². The molecule has 1 saturated carbocycles. The third-order valence-electron chi connectivity index (χ3n) is 6.08. The van der Waals surface area contributed by atoms with Gasteiger partial charge in [-0.05, 0) is 43.0 Å². The molecule has 5 rings (SSSR count). The van der Waals surface area contributed by atoms with Crippen LogP contribution in [0.3, 0.4) is 0 Å². The fourth-order valence-corrected chi connectivity index (χ4v) is 4.48. The smallest absolute Gasteiger partial charge is 0.260 e. The molecule has 0 bridgehead atoms. The topological polar surface area (TPSA) is 89.7 Å². The average molecular weight is 438 g/mol. The second kappa shape index (κ2) is 8.23. The molecule has 1 amide bonds. The Morgan fingerprint density at radius 2 is 2.22 bits per heavy atom. The number of hydrogen-bond donors (Lipinski definition) is 1. The first-order chi connectivity index (χ1) is 15.6. The largest absolute Gasteiger partial charge is 0.493 e. The number of methoxy groups -OCH3 is 1. The van der Waals surface area contributed by atoms with Crippen LogP contribution >= 0.6 is 0 Å². The highest BCUT2D eigenvalue weighted by Gasteiger charge is 2.39. The van der Waals surface area contributed by atoms with Crippen LogP contribution in [0.15, 0.2) is 42.9 Å². The standard InChI is InChI=1S/C23H23FN4O4/c1-31-21-15(10-14-6-7-19(25-12-14)28-9-3-8-26-28)11-16-22(20(21)24)32-13-27(23(16)30)17-4-2-5-18(17)29/h3,6-9,11-12,17-18,29H,2,4-5,10,13H2,1H3/t17-,18-/m0/s1. The Balaban J connectivity index is 1.46. The summed E-state index contributed by atoms with van der Waals surface area (Å²) in [4.78, 5) is 19.1. The Bertz CT molecular complexity index is 1130. The van der Waals surface area contributed by atoms with Gasteiger partial charge in [0.05, 0.1) is 24.8 Å². The van der Waals surface area contributed by atoms with Crippen molar-refractivity contribution in [2.24, 2.45) is 0 Å². The van der Waals surface area contributed by atoms with E-state index in [-0.39, 0.29) is 35.7 Å². The lowest BCUT2D eigenvalue weighted by molar-refractivity contribution is 0.0114. The normalized spacial score (nSPS) is 20.2. The molecule has 8 nitrogen and oxygen atoms in total. The van der Waals surface area contributed by atoms with Crippen molar-refractivity contribution in [3.8, 4) is 17.3 Å². The molecule has 1 fully saturated rings. The second-order valence-corrected chi connectivity index (χ2v) is 8.03. The number of amides is 1. The molecular formula is C23H23FN4O4. The van der Waals surface area contributed by atoms with E-state index in [2.05, 4.69) is 10.1 Å². The van der Waals surface area contributed by atoms with E-state index in [0.29, 0.717) is 30.6 Å². The van der Waals surface area contributed by atoms with Gasteiger partial charge in [0.1, 0.15) is 0 Å². The molecule has 166 valence electrons. The zero-order valence-electron chi connectivity index (χ0n) is 17.6. The lowest BCUT2D eigenvalue weighted by Crippen LogP contribution is -2.48. The molecule has 1 aliphatic heterocycles. The van der Waals surface area contributed by atoms with Gasteiger partial charge in [0.2, 0.25) is 5.82 Å². The van der Waals surface area contributed by atoms with Crippen LogP contribution < -0.4 is 9.47 Å². The molecule has 0 saturated heterocycles. The molecule has 0 radical (unpaired) electrons. The minimum atomic E-state index is -0.693. The van der Waals surface area contributed by atoms with Crippen LogP contribution in [0, 0.1) is 5.82 Å². The van der Waals surface area contributed by atoms with E-state index >= 15 is 4.39 Å². The van der Waals surface area contributed by atoms with Gasteiger partial charge in [-0.3, -0.25) is 9.69 Å². The van der Waals surface area contributed by atoms with Gasteiger partial charge in [-0.25, -0.2) is 9.67 Å². The van der Waals surface area contributed by atoms with E-state index in [1.807, 2.05) is 18.2 Å². The van der Waals surface area contributed by atoms with Crippen LogP contribution in [0.25, 0.3) is 5.82 Å². The molecule has 2 aromatic heterocycles. The van der Waals surface area contributed by atoms with Gasteiger partial charge >= 0.3 is 0 Å². The van der Waals surface area contributed by atoms with Gasteiger partial charge in [0, 0.05) is 30.6 Å². The highest BCUT2D eigenvalue weighted by Crippen LogP contribution is 2.39. The SMILES string of the molecule is COc1c(Cc2ccc(-n3cccn3)nc2)cc2c(c1F)OCN([C@H]1CCC[C@@H]1O)C2=O. The lowest BCUT2D eigenvalue weighted by Gasteiger charge is -2.35. The van der Waals surface area contributed by atoms with E-state index in [1.165, 1.54) is 12.0 Å². The van der Waals surface area contributed by atoms with E-state index < -0.39 is 11.9 Å². The maximum absolute atomic E-state index is 15.2. The van der Waals surface area contributed by atoms with Crippen molar-refractivity contribution < 1.29 is 23.8 Å². The van der Waals surface area contributed by atoms with E-state index in [4.69, 9.17) is 9.47 Å². The molecule has 1 aliphatic carbocycles. The van der Waals surface area contributed by atoms with Crippen LogP contribution in [0.1, 0.15) is 40.7 Å². The van der Waals surface area contributed by atoms with Gasteiger partial charge in [0.15, 0.2) is 24.0 Å². The number of fused-ring (bicyclic) bond motifs is 1. The molecule has 1 N–H and O–H groups in total. The zero-order valence-corrected chi connectivity index (χ0v) is 17.6. The van der Waals surface area contributed by atoms with Crippen molar-refractivity contribution in [2.45, 2.75) is 37.8 Å². The van der Waals surface area contributed by atoms with E-state index in [1.54, 1.807) is 29.3 Å². The summed E-state index contributed by atoms with van der Waals surface area (Å²) in [5, 5.41) is 14.4. The summed E-state index contributed by atoms with van der Waals surface area (Å²) in [6.45, 7) is -0.0915. The van der Waals surface area contributed by atoms with Gasteiger partial charge < -0.3 is 14.6 Å². The third kappa shape index (κ3) is 3.48. The minimum absolute atomic E-state index is 0.0436. The molecular weight excluding hydrogens is 415 g/mol. The molecule has 1 aromatic carbocycles. The number of benzene rings is 1. The minimum Gasteiger partial charge on any atom is -0.493 e. The summed E-state index contributed by atoms with van der Waals surface area (Å²) < 4.78 is 27.8. The van der Waals surface area contributed by atoms with Crippen LogP contribution in [0.2, 0.25) is 0 Å². The van der Waals surface area contributed by atoms with E-state index in [0.717, 1.165) is 12.0 Å². The molecule has 32 heavy (non-hydrogen) atoms. The summed E-state index contributed by atoms with van der Waals surface area (Å²) in [6, 6.07) is 6.81. The van der Waals surface area contributed by atoms with Crippen molar-refractivity contribution in [3.05, 3.63) is 65.4 Å². The van der Waals surface area contributed by atoms with Crippen molar-refractivity contribution >= 4 is 5.91 Å². The number of carbonyl (C=O) groups excluding carboxylic acids is 1. The molecule has 3 heterocycles. The Morgan fingerprint density at radius 3 is 2.88 bits per heavy atom. The fraction of sp³-hybridized carbons (Fsp3) is 0.348. The second-order valence-electron chi connectivity index (χ2n) is 8.03. The monoisotopic (exact) mass is 438 g/mol. The predicted molar refractivity (Wildman–Crippen MR) is 112 cm³/mol. The van der Waals surface area contributed by atoms with Crippen LogP contribution in [0.4, 0.5) is 4.39 Å². The Hall–Kier alpha value is -3.46. The quantitative estimate of drug-likeness (QED) is 0.659. The number of nitrogens with zero attached hydrogens (tertiary/aromatic N) is 4. The number of hydrogen-bond acceptors (Lipinski definition) is 6. The maximum atomic E-state index is 15.2. The molecule has 9 heteroatoms. The number of rotatable bonds is 5. The highest BCUT2D eigenvalue weighted by molar-refractivity contribution is 5.98. The van der Waals surface area contributed by atoms with Gasteiger partial charge in [-0.1, -0.05) is 6.07 Å². The van der Waals surface area contributed by atoms with Gasteiger partial charge in [0.25, 0.3) is 5.91 Å². The molecule has 0 unspecified atom stereocenters. The van der Waals surface area contributed by atoms with Crippen molar-refractivity contribution in [1.29, 1.82) is 0 Å². The summed E-state index contributed by atoms with van der Waals surface area (Å²) in [7, 11) is 1.39. The summed E-state index contributed by atoms with van der Waals surface area (Å²) in [5.74, 6) is -0.432. The fourth-order valence-electron chi connectivity index (χ4n) is 4.48. The Kier molecular flexibility index (Phi) is 5.26. The number of carbonyl (C=O) groups is 1. The first-order valence-corrected chi connectivity index (χ1v) is 10.5. The van der Waals surface area contributed by atoms with Crippen molar-refractivity contribution in [1.82, 2.24) is 19.7 Å². The van der Waals surface area contributed by atoms with Crippen molar-refractivity contribution in [3.63, 3.8) is 0 Å². The molecule has 3 aromatic rings. The lowest BCUT2D eigenvalue weighted by atomic mass is 9.99. The number of ether oxygens (including phenoxy) is 2. The first kappa shape index (κ1) is 20.4. The number of pyridine rings is 1. The van der Waals surface area contributed by atoms with Crippen LogP contribution in [-0.2, 0) is 6.42 Å². The highest BCUT2D eigenvalue weighted by atomic mass is 19.1. The predicted octanol–water partition coefficient (Wildman–Crippen LogP) is 2.71. The molecule has 2 atom stereocenters. The number of halogens is 1. The number of aliphatic hydroxyl groups excluding tert-OH is 1. The third-order valence-corrected chi connectivity index (χ3v) is 6.08. The zero-order chi connectivity index (χ0) is 22.2. The summed E-state index contributed by atoms with van der Waals surface area (Å²) in [6.07, 6.45) is 7.06. The maximum Gasteiger partial charge on any atom is 0.260 e. The Labute approximate surface area is 184 Å². The summed E-state index contributed by atoms with van der Waals surface area (Å²) >= 11 is 0. The summed E-state index contributed by atoms with van der Waals surface area (Å²) in [5.41, 5.74) is 1.48. The van der Waals surface area contributed by atoms with Crippen LogP contribution in [0.5, 0.6) is 11.5 Å². The number of aromatic nitrogens is 3. The first-order valence-electron chi connectivity index (χ1n) is 10.5. The van der Waals surface area contributed by atoms with Gasteiger partial charge in [-0.15, -0.1) is 0 Å². The number of aliphatic hydroxyl groups is 1. The molecule has 2 aliphatic rings. The van der Waals surface area contributed by atoms with Crippen LogP contribution in [-0.4, -0.2) is 56.7 Å². The molecule has 0 spiro atoms. The van der Waals surface area contributed by atoms with E-state index in [9.17, 15) is 9.90 Å². The van der Waals surface area contributed by atoms with Crippen molar-refractivity contribution in [2.75, 3.05) is 13.8 Å².